The minimum atomic E-state index is -0.815. The lowest BCUT2D eigenvalue weighted by molar-refractivity contribution is 0.0800. The summed E-state index contributed by atoms with van der Waals surface area (Å²) in [5, 5.41) is 14.3. The van der Waals surface area contributed by atoms with Gasteiger partial charge in [-0.05, 0) is 72.9 Å². The molecular formula is C27H27N5O3. The molecule has 4 heterocycles. The number of hydrogen-bond acceptors (Lipinski definition) is 5. The number of carboxylic acid groups (broad SMARTS) is 1. The van der Waals surface area contributed by atoms with Crippen LogP contribution in [0.25, 0.3) is 28.0 Å². The molecule has 1 fully saturated rings. The second-order valence-electron chi connectivity index (χ2n) is 9.62. The van der Waals surface area contributed by atoms with Gasteiger partial charge in [-0.2, -0.15) is 5.10 Å². The second kappa shape index (κ2) is 8.37. The van der Waals surface area contributed by atoms with Crippen molar-refractivity contribution in [3.05, 3.63) is 66.2 Å². The van der Waals surface area contributed by atoms with E-state index in [4.69, 9.17) is 14.8 Å². The van der Waals surface area contributed by atoms with Gasteiger partial charge >= 0.3 is 6.09 Å². The van der Waals surface area contributed by atoms with E-state index in [0.29, 0.717) is 13.1 Å². The van der Waals surface area contributed by atoms with Crippen LogP contribution < -0.4 is 4.74 Å². The summed E-state index contributed by atoms with van der Waals surface area (Å²) in [6.45, 7) is 1.21. The number of aromatic nitrogens is 4. The minimum Gasteiger partial charge on any atom is -0.497 e. The van der Waals surface area contributed by atoms with E-state index in [1.807, 2.05) is 34.8 Å². The number of methoxy groups -OCH3 is 1. The Morgan fingerprint density at radius 1 is 1.09 bits per heavy atom. The third-order valence-corrected chi connectivity index (χ3v) is 7.64. The molecule has 8 nitrogen and oxygen atoms in total. The summed E-state index contributed by atoms with van der Waals surface area (Å²) >= 11 is 0. The Kier molecular flexibility index (Phi) is 5.16. The van der Waals surface area contributed by atoms with E-state index in [1.54, 1.807) is 19.5 Å². The largest absolute Gasteiger partial charge is 0.497 e. The summed E-state index contributed by atoms with van der Waals surface area (Å²) in [5.74, 6) is 0.787. The first-order valence-corrected chi connectivity index (χ1v) is 12.0. The van der Waals surface area contributed by atoms with Crippen molar-refractivity contribution in [1.29, 1.82) is 0 Å². The van der Waals surface area contributed by atoms with E-state index in [9.17, 15) is 9.90 Å². The molecule has 0 bridgehead atoms. The second-order valence-corrected chi connectivity index (χ2v) is 9.62. The number of pyridine rings is 1. The highest BCUT2D eigenvalue weighted by atomic mass is 16.5. The molecule has 1 N–H and O–H groups in total. The lowest BCUT2D eigenvalue weighted by Crippen LogP contribution is -2.45. The van der Waals surface area contributed by atoms with Gasteiger partial charge in [-0.25, -0.2) is 14.3 Å². The van der Waals surface area contributed by atoms with Crippen LogP contribution in [0, 0.1) is 5.41 Å². The fourth-order valence-electron chi connectivity index (χ4n) is 5.64. The van der Waals surface area contributed by atoms with Gasteiger partial charge in [0.05, 0.1) is 12.7 Å². The number of nitrogens with zero attached hydrogens (tertiary/aromatic N) is 5. The van der Waals surface area contributed by atoms with Gasteiger partial charge < -0.3 is 14.7 Å². The Hall–Kier alpha value is -3.94. The number of aryl methyl sites for hydroxylation is 1. The van der Waals surface area contributed by atoms with Gasteiger partial charge in [-0.3, -0.25) is 4.98 Å². The molecule has 4 aromatic rings. The SMILES string of the molecule is COc1cccc(-c2c(-c3ccncc3)nn3cc4c(nc23)CCC2(CCN(C(=O)O)CC2)C4)c1. The van der Waals surface area contributed by atoms with E-state index in [1.165, 1.54) is 10.5 Å². The topological polar surface area (TPSA) is 92.9 Å². The van der Waals surface area contributed by atoms with Crippen LogP contribution in [0.4, 0.5) is 4.79 Å². The Labute approximate surface area is 203 Å². The molecule has 1 amide bonds. The summed E-state index contributed by atoms with van der Waals surface area (Å²) in [4.78, 5) is 22.2. The molecular weight excluding hydrogens is 442 g/mol. The maximum atomic E-state index is 11.4. The Balaban J connectivity index is 1.45. The predicted octanol–water partition coefficient (Wildman–Crippen LogP) is 4.72. The summed E-state index contributed by atoms with van der Waals surface area (Å²) in [7, 11) is 1.67. The number of rotatable bonds is 3. The van der Waals surface area contributed by atoms with E-state index in [-0.39, 0.29) is 5.41 Å². The first-order chi connectivity index (χ1) is 17.0. The number of piperidine rings is 1. The summed E-state index contributed by atoms with van der Waals surface area (Å²) in [5.41, 5.74) is 7.15. The number of fused-ring (bicyclic) bond motifs is 2. The third-order valence-electron chi connectivity index (χ3n) is 7.64. The molecule has 1 aliphatic heterocycles. The minimum absolute atomic E-state index is 0.144. The lowest BCUT2D eigenvalue weighted by Gasteiger charge is -2.43. The van der Waals surface area contributed by atoms with Crippen LogP contribution in [0.5, 0.6) is 5.75 Å². The molecule has 1 aliphatic carbocycles. The lowest BCUT2D eigenvalue weighted by atomic mass is 9.67. The summed E-state index contributed by atoms with van der Waals surface area (Å²) in [6.07, 6.45) is 9.52. The molecule has 0 unspecified atom stereocenters. The molecule has 3 aromatic heterocycles. The predicted molar refractivity (Wildman–Crippen MR) is 131 cm³/mol. The van der Waals surface area contributed by atoms with Gasteiger partial charge in [0.1, 0.15) is 11.4 Å². The van der Waals surface area contributed by atoms with Crippen LogP contribution in [0.3, 0.4) is 0 Å². The molecule has 1 spiro atoms. The van der Waals surface area contributed by atoms with Crippen molar-refractivity contribution in [3.63, 3.8) is 0 Å². The van der Waals surface area contributed by atoms with Gasteiger partial charge in [0, 0.05) is 42.9 Å². The zero-order valence-corrected chi connectivity index (χ0v) is 19.6. The molecule has 178 valence electrons. The molecule has 8 heteroatoms. The number of amides is 1. The normalized spacial score (nSPS) is 16.9. The standard InChI is InChI=1S/C27H27N5O3/c1-35-21-4-2-3-19(15-21)23-24(18-6-11-28-12-7-18)30-32-17-20-16-27(8-5-22(20)29-25(23)32)9-13-31(14-10-27)26(33)34/h2-4,6-7,11-12,15,17H,5,8-10,13-14,16H2,1H3,(H,33,34). The molecule has 0 saturated carbocycles. The number of ether oxygens (including phenoxy) is 1. The van der Waals surface area contributed by atoms with Gasteiger partial charge in [0.2, 0.25) is 0 Å². The Bertz CT molecular complexity index is 1410. The van der Waals surface area contributed by atoms with Crippen LogP contribution in [-0.4, -0.2) is 55.9 Å². The number of benzene rings is 1. The van der Waals surface area contributed by atoms with Crippen LogP contribution in [0.1, 0.15) is 30.5 Å². The molecule has 1 saturated heterocycles. The van der Waals surface area contributed by atoms with Crippen molar-refractivity contribution in [1.82, 2.24) is 24.5 Å². The molecule has 35 heavy (non-hydrogen) atoms. The van der Waals surface area contributed by atoms with Gasteiger partial charge in [0.15, 0.2) is 5.65 Å². The summed E-state index contributed by atoms with van der Waals surface area (Å²) < 4.78 is 7.40. The van der Waals surface area contributed by atoms with Crippen LogP contribution in [0.2, 0.25) is 0 Å². The zero-order chi connectivity index (χ0) is 24.0. The number of hydrogen-bond donors (Lipinski definition) is 1. The smallest absolute Gasteiger partial charge is 0.407 e. The van der Waals surface area contributed by atoms with Crippen molar-refractivity contribution in [3.8, 4) is 28.1 Å². The third kappa shape index (κ3) is 3.79. The first kappa shape index (κ1) is 21.6. The highest BCUT2D eigenvalue weighted by Crippen LogP contribution is 2.44. The van der Waals surface area contributed by atoms with Gasteiger partial charge in [0.25, 0.3) is 0 Å². The van der Waals surface area contributed by atoms with Crippen molar-refractivity contribution < 1.29 is 14.6 Å². The average Bonchev–Trinajstić information content (AvgIpc) is 3.26. The van der Waals surface area contributed by atoms with E-state index >= 15 is 0 Å². The summed E-state index contributed by atoms with van der Waals surface area (Å²) in [6, 6.07) is 11.9. The maximum Gasteiger partial charge on any atom is 0.407 e. The molecule has 0 radical (unpaired) electrons. The van der Waals surface area contributed by atoms with Gasteiger partial charge in [-0.1, -0.05) is 12.1 Å². The highest BCUT2D eigenvalue weighted by molar-refractivity contribution is 5.90. The average molecular weight is 470 g/mol. The van der Waals surface area contributed by atoms with Crippen LogP contribution >= 0.6 is 0 Å². The fraction of sp³-hybridized carbons (Fsp3) is 0.333. The van der Waals surface area contributed by atoms with E-state index < -0.39 is 6.09 Å². The molecule has 0 atom stereocenters. The number of likely N-dealkylation sites (tertiary alicyclic amines) is 1. The molecule has 2 aliphatic rings. The monoisotopic (exact) mass is 469 g/mol. The van der Waals surface area contributed by atoms with Crippen molar-refractivity contribution >= 4 is 11.7 Å². The number of carbonyl (C=O) groups is 1. The molecule has 6 rings (SSSR count). The van der Waals surface area contributed by atoms with Crippen molar-refractivity contribution in [2.24, 2.45) is 5.41 Å². The first-order valence-electron chi connectivity index (χ1n) is 12.0. The Morgan fingerprint density at radius 3 is 2.63 bits per heavy atom. The molecule has 1 aromatic carbocycles. The highest BCUT2D eigenvalue weighted by Gasteiger charge is 2.39. The van der Waals surface area contributed by atoms with Crippen LogP contribution in [0.15, 0.2) is 55.0 Å². The van der Waals surface area contributed by atoms with E-state index in [0.717, 1.165) is 71.6 Å². The van der Waals surface area contributed by atoms with E-state index in [2.05, 4.69) is 17.2 Å². The quantitative estimate of drug-likeness (QED) is 0.467. The van der Waals surface area contributed by atoms with Crippen molar-refractivity contribution in [2.75, 3.05) is 20.2 Å². The zero-order valence-electron chi connectivity index (χ0n) is 19.6. The fourth-order valence-corrected chi connectivity index (χ4v) is 5.64. The van der Waals surface area contributed by atoms with Crippen LogP contribution in [-0.2, 0) is 12.8 Å². The van der Waals surface area contributed by atoms with Crippen molar-refractivity contribution in [2.45, 2.75) is 32.1 Å². The maximum absolute atomic E-state index is 11.4. The Morgan fingerprint density at radius 2 is 1.89 bits per heavy atom. The van der Waals surface area contributed by atoms with Gasteiger partial charge in [-0.15, -0.1) is 0 Å².